The van der Waals surface area contributed by atoms with Gasteiger partial charge in [0.1, 0.15) is 5.78 Å². The van der Waals surface area contributed by atoms with E-state index in [0.717, 1.165) is 32.1 Å². The fourth-order valence-electron chi connectivity index (χ4n) is 3.42. The van der Waals surface area contributed by atoms with Gasteiger partial charge in [-0.2, -0.15) is 0 Å². The Kier molecular flexibility index (Phi) is 4.36. The van der Waals surface area contributed by atoms with Crippen LogP contribution >= 0.6 is 0 Å². The Hall–Kier alpha value is -0.510. The molecular weight excluding hydrogens is 236 g/mol. The third-order valence-electron chi connectivity index (χ3n) is 4.40. The number of nitrogens with two attached hydrogens (primary N) is 1. The van der Waals surface area contributed by atoms with Crippen LogP contribution in [0.3, 0.4) is 0 Å². The number of halogens is 2. The van der Waals surface area contributed by atoms with Gasteiger partial charge in [0.25, 0.3) is 0 Å². The minimum absolute atomic E-state index is 0.00794. The van der Waals surface area contributed by atoms with Crippen molar-refractivity contribution in [3.8, 4) is 0 Å². The first-order valence-corrected chi connectivity index (χ1v) is 7.12. The Morgan fingerprint density at radius 1 is 1.22 bits per heavy atom. The van der Waals surface area contributed by atoms with Gasteiger partial charge in [-0.25, -0.2) is 8.78 Å². The predicted molar refractivity (Wildman–Crippen MR) is 66.5 cm³/mol. The summed E-state index contributed by atoms with van der Waals surface area (Å²) in [5, 5.41) is 0. The SMILES string of the molecule is NC1CCCC(C(=O)CC2CCCC(F)(F)C2)C1. The molecule has 18 heavy (non-hydrogen) atoms. The molecular formula is C14H23F2NO. The molecule has 0 aromatic heterocycles. The van der Waals surface area contributed by atoms with Crippen LogP contribution < -0.4 is 5.73 Å². The molecule has 0 aromatic carbocycles. The van der Waals surface area contributed by atoms with E-state index in [1.165, 1.54) is 0 Å². The van der Waals surface area contributed by atoms with Gasteiger partial charge in [0.05, 0.1) is 0 Å². The molecule has 0 bridgehead atoms. The smallest absolute Gasteiger partial charge is 0.248 e. The van der Waals surface area contributed by atoms with E-state index in [4.69, 9.17) is 5.73 Å². The lowest BCUT2D eigenvalue weighted by Gasteiger charge is -2.31. The standard InChI is InChI=1S/C14H23F2NO/c15-14(16)6-2-3-10(9-14)7-13(18)11-4-1-5-12(17)8-11/h10-12H,1-9,17H2. The summed E-state index contributed by atoms with van der Waals surface area (Å²) in [6.45, 7) is 0. The summed E-state index contributed by atoms with van der Waals surface area (Å²) >= 11 is 0. The van der Waals surface area contributed by atoms with E-state index in [-0.39, 0.29) is 36.5 Å². The van der Waals surface area contributed by atoms with Gasteiger partial charge in [-0.05, 0) is 38.0 Å². The number of rotatable bonds is 3. The topological polar surface area (TPSA) is 43.1 Å². The molecule has 104 valence electrons. The number of Topliss-reactive ketones (excluding diaryl/α,β-unsaturated/α-hetero) is 1. The average Bonchev–Trinajstić information content (AvgIpc) is 2.27. The van der Waals surface area contributed by atoms with Crippen LogP contribution in [0, 0.1) is 11.8 Å². The van der Waals surface area contributed by atoms with Crippen LogP contribution in [0.2, 0.25) is 0 Å². The molecule has 3 unspecified atom stereocenters. The second-order valence-electron chi connectivity index (χ2n) is 6.11. The zero-order valence-electron chi connectivity index (χ0n) is 10.8. The van der Waals surface area contributed by atoms with Crippen molar-refractivity contribution in [2.45, 2.75) is 69.8 Å². The Bertz CT molecular complexity index is 306. The highest BCUT2D eigenvalue weighted by Gasteiger charge is 2.37. The third kappa shape index (κ3) is 3.74. The second kappa shape index (κ2) is 5.64. The van der Waals surface area contributed by atoms with Gasteiger partial charge in [0.15, 0.2) is 0 Å². The van der Waals surface area contributed by atoms with E-state index in [1.54, 1.807) is 0 Å². The molecule has 2 aliphatic carbocycles. The van der Waals surface area contributed by atoms with Gasteiger partial charge in [0.2, 0.25) is 5.92 Å². The van der Waals surface area contributed by atoms with Crippen LogP contribution in [0.15, 0.2) is 0 Å². The quantitative estimate of drug-likeness (QED) is 0.845. The number of hydrogen-bond acceptors (Lipinski definition) is 2. The fraction of sp³-hybridized carbons (Fsp3) is 0.929. The summed E-state index contributed by atoms with van der Waals surface area (Å²) in [5.41, 5.74) is 5.87. The van der Waals surface area contributed by atoms with Crippen molar-refractivity contribution in [2.24, 2.45) is 17.6 Å². The first-order chi connectivity index (χ1) is 8.46. The maximum Gasteiger partial charge on any atom is 0.248 e. The van der Waals surface area contributed by atoms with Gasteiger partial charge in [0, 0.05) is 31.2 Å². The molecule has 0 saturated heterocycles. The Morgan fingerprint density at radius 2 is 2.00 bits per heavy atom. The van der Waals surface area contributed by atoms with E-state index in [1.807, 2.05) is 0 Å². The zero-order valence-corrected chi connectivity index (χ0v) is 10.8. The lowest BCUT2D eigenvalue weighted by atomic mass is 9.77. The first kappa shape index (κ1) is 13.9. The fourth-order valence-corrected chi connectivity index (χ4v) is 3.42. The number of carbonyl (C=O) groups excluding carboxylic acids is 1. The van der Waals surface area contributed by atoms with Crippen molar-refractivity contribution in [3.63, 3.8) is 0 Å². The summed E-state index contributed by atoms with van der Waals surface area (Å²) in [4.78, 5) is 12.1. The van der Waals surface area contributed by atoms with Gasteiger partial charge >= 0.3 is 0 Å². The lowest BCUT2D eigenvalue weighted by Crippen LogP contribution is -2.33. The molecule has 3 atom stereocenters. The molecule has 2 nitrogen and oxygen atoms in total. The van der Waals surface area contributed by atoms with Crippen LogP contribution in [-0.4, -0.2) is 17.7 Å². The Morgan fingerprint density at radius 3 is 2.67 bits per heavy atom. The first-order valence-electron chi connectivity index (χ1n) is 7.12. The van der Waals surface area contributed by atoms with Crippen molar-refractivity contribution in [1.82, 2.24) is 0 Å². The van der Waals surface area contributed by atoms with Crippen LogP contribution in [0.4, 0.5) is 8.78 Å². The summed E-state index contributed by atoms with van der Waals surface area (Å²) in [7, 11) is 0. The Balaban J connectivity index is 1.83. The van der Waals surface area contributed by atoms with Crippen molar-refractivity contribution in [2.75, 3.05) is 0 Å². The van der Waals surface area contributed by atoms with E-state index < -0.39 is 5.92 Å². The summed E-state index contributed by atoms with van der Waals surface area (Å²) in [5.74, 6) is -2.46. The number of hydrogen-bond donors (Lipinski definition) is 1. The molecule has 0 aromatic rings. The van der Waals surface area contributed by atoms with Crippen molar-refractivity contribution in [3.05, 3.63) is 0 Å². The number of alkyl halides is 2. The van der Waals surface area contributed by atoms with Crippen molar-refractivity contribution < 1.29 is 13.6 Å². The van der Waals surface area contributed by atoms with Gasteiger partial charge in [-0.15, -0.1) is 0 Å². The average molecular weight is 259 g/mol. The maximum absolute atomic E-state index is 13.3. The minimum atomic E-state index is -2.55. The molecule has 0 amide bonds. The zero-order chi connectivity index (χ0) is 13.2. The van der Waals surface area contributed by atoms with Gasteiger partial charge in [-0.1, -0.05) is 6.42 Å². The summed E-state index contributed by atoms with van der Waals surface area (Å²) < 4.78 is 26.6. The second-order valence-corrected chi connectivity index (χ2v) is 6.11. The molecule has 2 rings (SSSR count). The third-order valence-corrected chi connectivity index (χ3v) is 4.40. The summed E-state index contributed by atoms with van der Waals surface area (Å²) in [6, 6.07) is 0.125. The maximum atomic E-state index is 13.3. The van der Waals surface area contributed by atoms with Crippen molar-refractivity contribution >= 4 is 5.78 Å². The van der Waals surface area contributed by atoms with Crippen LogP contribution in [0.1, 0.15) is 57.8 Å². The van der Waals surface area contributed by atoms with Crippen molar-refractivity contribution in [1.29, 1.82) is 0 Å². The van der Waals surface area contributed by atoms with Crippen LogP contribution in [-0.2, 0) is 4.79 Å². The lowest BCUT2D eigenvalue weighted by molar-refractivity contribution is -0.126. The highest BCUT2D eigenvalue weighted by molar-refractivity contribution is 5.81. The largest absolute Gasteiger partial charge is 0.328 e. The molecule has 2 fully saturated rings. The normalized spacial score (nSPS) is 36.3. The Labute approximate surface area is 107 Å². The molecule has 0 radical (unpaired) electrons. The van der Waals surface area contributed by atoms with E-state index in [9.17, 15) is 13.6 Å². The molecule has 2 saturated carbocycles. The van der Waals surface area contributed by atoms with E-state index in [0.29, 0.717) is 12.8 Å². The van der Waals surface area contributed by atoms with E-state index >= 15 is 0 Å². The van der Waals surface area contributed by atoms with E-state index in [2.05, 4.69) is 0 Å². The predicted octanol–water partition coefficient (Wildman–Crippen LogP) is 3.29. The monoisotopic (exact) mass is 259 g/mol. The molecule has 0 spiro atoms. The molecule has 2 N–H and O–H groups in total. The van der Waals surface area contributed by atoms with Crippen LogP contribution in [0.25, 0.3) is 0 Å². The molecule has 0 aliphatic heterocycles. The van der Waals surface area contributed by atoms with Gasteiger partial charge in [-0.3, -0.25) is 4.79 Å². The molecule has 2 aliphatic rings. The van der Waals surface area contributed by atoms with Crippen LogP contribution in [0.5, 0.6) is 0 Å². The summed E-state index contributed by atoms with van der Waals surface area (Å²) in [6.07, 6.45) is 5.20. The van der Waals surface area contributed by atoms with Gasteiger partial charge < -0.3 is 5.73 Å². The minimum Gasteiger partial charge on any atom is -0.328 e. The highest BCUT2D eigenvalue weighted by atomic mass is 19.3. The number of carbonyl (C=O) groups is 1. The number of ketones is 1. The highest BCUT2D eigenvalue weighted by Crippen LogP contribution is 2.39. The molecule has 0 heterocycles. The molecule has 4 heteroatoms.